The molecular formula is C22H31NO4. The second-order valence-electron chi connectivity index (χ2n) is 7.79. The number of hydrogen-bond donors (Lipinski definition) is 0. The summed E-state index contributed by atoms with van der Waals surface area (Å²) in [6, 6.07) is 7.06. The number of methoxy groups -OCH3 is 1. The highest BCUT2D eigenvalue weighted by Crippen LogP contribution is 2.29. The van der Waals surface area contributed by atoms with Gasteiger partial charge in [0.25, 0.3) is 11.8 Å². The van der Waals surface area contributed by atoms with Crippen molar-refractivity contribution in [2.24, 2.45) is 11.8 Å². The smallest absolute Gasteiger partial charge is 0.261 e. The Morgan fingerprint density at radius 2 is 1.48 bits per heavy atom. The number of carbonyl (C=O) groups excluding carboxylic acids is 2. The highest BCUT2D eigenvalue weighted by molar-refractivity contribution is 6.21. The molecule has 1 saturated carbocycles. The molecule has 3 rings (SSSR count). The SMILES string of the molecule is COCC1CCC(COCCCCCN2C(=O)c3ccccc3C2=O)CC1. The van der Waals surface area contributed by atoms with Crippen LogP contribution in [0.2, 0.25) is 0 Å². The molecular weight excluding hydrogens is 342 g/mol. The molecule has 0 bridgehead atoms. The molecule has 2 amide bonds. The normalized spacial score (nSPS) is 22.3. The van der Waals surface area contributed by atoms with Crippen LogP contribution in [0.3, 0.4) is 0 Å². The van der Waals surface area contributed by atoms with E-state index in [0.29, 0.717) is 23.6 Å². The molecule has 1 fully saturated rings. The van der Waals surface area contributed by atoms with Crippen molar-refractivity contribution in [3.05, 3.63) is 35.4 Å². The Kier molecular flexibility index (Phi) is 7.41. The lowest BCUT2D eigenvalue weighted by molar-refractivity contribution is 0.0595. The summed E-state index contributed by atoms with van der Waals surface area (Å²) in [6.45, 7) is 3.01. The predicted octanol–water partition coefficient (Wildman–Crippen LogP) is 3.92. The van der Waals surface area contributed by atoms with E-state index in [9.17, 15) is 9.59 Å². The van der Waals surface area contributed by atoms with E-state index < -0.39 is 0 Å². The number of amides is 2. The first-order chi connectivity index (χ1) is 13.2. The number of ether oxygens (including phenoxy) is 2. The molecule has 1 aliphatic heterocycles. The molecule has 1 heterocycles. The lowest BCUT2D eigenvalue weighted by atomic mass is 9.83. The summed E-state index contributed by atoms with van der Waals surface area (Å²) in [6.07, 6.45) is 7.76. The fourth-order valence-corrected chi connectivity index (χ4v) is 4.14. The molecule has 0 N–H and O–H groups in total. The van der Waals surface area contributed by atoms with Gasteiger partial charge in [0.2, 0.25) is 0 Å². The van der Waals surface area contributed by atoms with Gasteiger partial charge in [-0.15, -0.1) is 0 Å². The minimum Gasteiger partial charge on any atom is -0.384 e. The number of hydrogen-bond acceptors (Lipinski definition) is 4. The van der Waals surface area contributed by atoms with Crippen LogP contribution in [0.15, 0.2) is 24.3 Å². The van der Waals surface area contributed by atoms with Crippen LogP contribution in [0.5, 0.6) is 0 Å². The van der Waals surface area contributed by atoms with Crippen LogP contribution >= 0.6 is 0 Å². The second kappa shape index (κ2) is 10.00. The third-order valence-electron chi connectivity index (χ3n) is 5.77. The summed E-state index contributed by atoms with van der Waals surface area (Å²) >= 11 is 0. The van der Waals surface area contributed by atoms with Gasteiger partial charge in [-0.3, -0.25) is 14.5 Å². The first-order valence-corrected chi connectivity index (χ1v) is 10.2. The summed E-state index contributed by atoms with van der Waals surface area (Å²) in [5.41, 5.74) is 1.07. The van der Waals surface area contributed by atoms with Gasteiger partial charge in [-0.25, -0.2) is 0 Å². The first-order valence-electron chi connectivity index (χ1n) is 10.2. The van der Waals surface area contributed by atoms with Gasteiger partial charge in [-0.1, -0.05) is 12.1 Å². The van der Waals surface area contributed by atoms with E-state index in [1.807, 2.05) is 0 Å². The van der Waals surface area contributed by atoms with Gasteiger partial charge in [0.1, 0.15) is 0 Å². The Hall–Kier alpha value is -1.72. The van der Waals surface area contributed by atoms with E-state index in [4.69, 9.17) is 9.47 Å². The van der Waals surface area contributed by atoms with E-state index in [2.05, 4.69) is 0 Å². The van der Waals surface area contributed by atoms with Crippen molar-refractivity contribution in [2.75, 3.05) is 33.5 Å². The van der Waals surface area contributed by atoms with Crippen LogP contribution in [0, 0.1) is 11.8 Å². The molecule has 27 heavy (non-hydrogen) atoms. The van der Waals surface area contributed by atoms with Crippen molar-refractivity contribution < 1.29 is 19.1 Å². The average Bonchev–Trinajstić information content (AvgIpc) is 2.94. The molecule has 0 spiro atoms. The van der Waals surface area contributed by atoms with Crippen LogP contribution < -0.4 is 0 Å². The molecule has 0 aromatic heterocycles. The van der Waals surface area contributed by atoms with Gasteiger partial charge in [0.05, 0.1) is 11.1 Å². The molecule has 0 atom stereocenters. The highest BCUT2D eigenvalue weighted by Gasteiger charge is 2.34. The summed E-state index contributed by atoms with van der Waals surface area (Å²) in [5, 5.41) is 0. The number of rotatable bonds is 10. The van der Waals surface area contributed by atoms with Crippen molar-refractivity contribution in [1.82, 2.24) is 4.90 Å². The second-order valence-corrected chi connectivity index (χ2v) is 7.79. The van der Waals surface area contributed by atoms with Crippen molar-refractivity contribution in [1.29, 1.82) is 0 Å². The Morgan fingerprint density at radius 1 is 0.889 bits per heavy atom. The van der Waals surface area contributed by atoms with Crippen molar-refractivity contribution in [2.45, 2.75) is 44.9 Å². The fraction of sp³-hybridized carbons (Fsp3) is 0.636. The maximum atomic E-state index is 12.3. The van der Waals surface area contributed by atoms with Gasteiger partial charge in [0.15, 0.2) is 0 Å². The van der Waals surface area contributed by atoms with E-state index in [0.717, 1.165) is 45.0 Å². The molecule has 148 valence electrons. The largest absolute Gasteiger partial charge is 0.384 e. The molecule has 5 nitrogen and oxygen atoms in total. The zero-order valence-electron chi connectivity index (χ0n) is 16.3. The van der Waals surface area contributed by atoms with Crippen LogP contribution in [0.4, 0.5) is 0 Å². The fourth-order valence-electron chi connectivity index (χ4n) is 4.14. The molecule has 0 unspecified atom stereocenters. The lowest BCUT2D eigenvalue weighted by Crippen LogP contribution is -2.30. The summed E-state index contributed by atoms with van der Waals surface area (Å²) in [4.78, 5) is 25.9. The molecule has 1 aromatic carbocycles. The minimum absolute atomic E-state index is 0.157. The van der Waals surface area contributed by atoms with Gasteiger partial charge in [0, 0.05) is 33.5 Å². The zero-order valence-corrected chi connectivity index (χ0v) is 16.3. The van der Waals surface area contributed by atoms with Crippen LogP contribution in [-0.4, -0.2) is 50.2 Å². The topological polar surface area (TPSA) is 55.8 Å². The average molecular weight is 373 g/mol. The number of imide groups is 1. The Bertz CT molecular complexity index is 602. The van der Waals surface area contributed by atoms with Crippen molar-refractivity contribution in [3.8, 4) is 0 Å². The van der Waals surface area contributed by atoms with E-state index in [1.54, 1.807) is 31.4 Å². The predicted molar refractivity (Wildman–Crippen MR) is 104 cm³/mol. The number of unbranched alkanes of at least 4 members (excludes halogenated alkanes) is 2. The number of benzene rings is 1. The molecule has 0 radical (unpaired) electrons. The molecule has 2 aliphatic rings. The van der Waals surface area contributed by atoms with Crippen molar-refractivity contribution in [3.63, 3.8) is 0 Å². The van der Waals surface area contributed by atoms with Gasteiger partial charge in [-0.2, -0.15) is 0 Å². The Morgan fingerprint density at radius 3 is 2.07 bits per heavy atom. The lowest BCUT2D eigenvalue weighted by Gasteiger charge is -2.27. The third-order valence-corrected chi connectivity index (χ3v) is 5.77. The molecule has 1 aromatic rings. The Balaban J connectivity index is 1.25. The zero-order chi connectivity index (χ0) is 19.1. The number of nitrogens with zero attached hydrogens (tertiary/aromatic N) is 1. The maximum Gasteiger partial charge on any atom is 0.261 e. The van der Waals surface area contributed by atoms with Crippen LogP contribution in [0.25, 0.3) is 0 Å². The van der Waals surface area contributed by atoms with E-state index >= 15 is 0 Å². The highest BCUT2D eigenvalue weighted by atomic mass is 16.5. The Labute approximate surface area is 162 Å². The van der Waals surface area contributed by atoms with Gasteiger partial charge < -0.3 is 9.47 Å². The standard InChI is InChI=1S/C22H31NO4/c1-26-15-17-9-11-18(12-10-17)16-27-14-6-2-5-13-23-21(24)19-7-3-4-8-20(19)22(23)25/h3-4,7-8,17-18H,2,5-6,9-16H2,1H3. The quantitative estimate of drug-likeness (QED) is 0.461. The summed E-state index contributed by atoms with van der Waals surface area (Å²) in [7, 11) is 1.78. The van der Waals surface area contributed by atoms with E-state index in [1.165, 1.54) is 30.6 Å². The van der Waals surface area contributed by atoms with Gasteiger partial charge >= 0.3 is 0 Å². The van der Waals surface area contributed by atoms with Crippen molar-refractivity contribution >= 4 is 11.8 Å². The molecule has 5 heteroatoms. The first kappa shape index (κ1) is 20.0. The third kappa shape index (κ3) is 5.17. The van der Waals surface area contributed by atoms with Crippen LogP contribution in [-0.2, 0) is 9.47 Å². The molecule has 1 aliphatic carbocycles. The monoisotopic (exact) mass is 373 g/mol. The maximum absolute atomic E-state index is 12.3. The van der Waals surface area contributed by atoms with Gasteiger partial charge in [-0.05, 0) is 68.9 Å². The number of carbonyl (C=O) groups is 2. The van der Waals surface area contributed by atoms with E-state index in [-0.39, 0.29) is 11.8 Å². The minimum atomic E-state index is -0.157. The van der Waals surface area contributed by atoms with Crippen LogP contribution in [0.1, 0.15) is 65.7 Å². The summed E-state index contributed by atoms with van der Waals surface area (Å²) < 4.78 is 11.1. The summed E-state index contributed by atoms with van der Waals surface area (Å²) in [5.74, 6) is 1.11. The number of fused-ring (bicyclic) bond motifs is 1. The molecule has 0 saturated heterocycles.